The van der Waals surface area contributed by atoms with Crippen LogP contribution in [-0.4, -0.2) is 13.0 Å². The van der Waals surface area contributed by atoms with E-state index in [1.165, 1.54) is 0 Å². The summed E-state index contributed by atoms with van der Waals surface area (Å²) in [5, 5.41) is 0. The van der Waals surface area contributed by atoms with Gasteiger partial charge in [-0.1, -0.05) is 6.58 Å². The zero-order valence-corrected chi connectivity index (χ0v) is 6.29. The lowest BCUT2D eigenvalue weighted by Gasteiger charge is -1.91. The van der Waals surface area contributed by atoms with Crippen LogP contribution in [0, 0.1) is 0 Å². The highest BCUT2D eigenvalue weighted by Gasteiger charge is 1.77. The van der Waals surface area contributed by atoms with Crippen LogP contribution in [0.4, 0.5) is 0 Å². The van der Waals surface area contributed by atoms with Gasteiger partial charge in [-0.25, -0.2) is 4.99 Å². The standard InChI is InChI=1S/C8H11NO/c1-4-5-6-7-9-8(2)10-3/h5-7H,1H2,2-3H3/b7-6-,9-8+. The molecule has 0 radical (unpaired) electrons. The maximum absolute atomic E-state index is 4.78. The molecule has 0 aromatic heterocycles. The molecule has 0 spiro atoms. The first-order valence-corrected chi connectivity index (χ1v) is 2.90. The summed E-state index contributed by atoms with van der Waals surface area (Å²) in [5.41, 5.74) is 2.59. The largest absolute Gasteiger partial charge is 0.484 e. The average Bonchev–Trinajstić information content (AvgIpc) is 1.98. The first kappa shape index (κ1) is 8.73. The summed E-state index contributed by atoms with van der Waals surface area (Å²) < 4.78 is 4.78. The van der Waals surface area contributed by atoms with Crippen molar-refractivity contribution in [2.24, 2.45) is 4.99 Å². The Morgan fingerprint density at radius 3 is 2.90 bits per heavy atom. The van der Waals surface area contributed by atoms with E-state index in [1.54, 1.807) is 32.4 Å². The minimum atomic E-state index is 0.633. The predicted octanol–water partition coefficient (Wildman–Crippen LogP) is 1.91. The molecule has 0 atom stereocenters. The third kappa shape index (κ3) is 4.88. The van der Waals surface area contributed by atoms with Gasteiger partial charge in [0.15, 0.2) is 5.90 Å². The molecule has 0 bridgehead atoms. The van der Waals surface area contributed by atoms with Gasteiger partial charge in [0.2, 0.25) is 0 Å². The number of allylic oxidation sites excluding steroid dienone is 2. The van der Waals surface area contributed by atoms with Crippen molar-refractivity contribution >= 4 is 5.90 Å². The van der Waals surface area contributed by atoms with Crippen molar-refractivity contribution in [1.29, 1.82) is 0 Å². The third-order valence-corrected chi connectivity index (χ3v) is 0.852. The van der Waals surface area contributed by atoms with Gasteiger partial charge < -0.3 is 4.74 Å². The second-order valence-electron chi connectivity index (χ2n) is 1.56. The molecule has 10 heavy (non-hydrogen) atoms. The molecule has 0 fully saturated rings. The Labute approximate surface area is 61.2 Å². The van der Waals surface area contributed by atoms with Crippen LogP contribution >= 0.6 is 0 Å². The molecular formula is C8H11NO. The molecule has 0 aromatic carbocycles. The van der Waals surface area contributed by atoms with Crippen LogP contribution in [0.25, 0.3) is 0 Å². The van der Waals surface area contributed by atoms with Crippen molar-refractivity contribution in [2.45, 2.75) is 6.92 Å². The summed E-state index contributed by atoms with van der Waals surface area (Å²) in [7, 11) is 1.58. The van der Waals surface area contributed by atoms with Crippen molar-refractivity contribution in [3.05, 3.63) is 30.7 Å². The van der Waals surface area contributed by atoms with Gasteiger partial charge >= 0.3 is 0 Å². The lowest BCUT2D eigenvalue weighted by atomic mass is 10.6. The van der Waals surface area contributed by atoms with E-state index in [9.17, 15) is 0 Å². The molecular weight excluding hydrogens is 126 g/mol. The zero-order valence-electron chi connectivity index (χ0n) is 6.29. The molecule has 0 saturated carbocycles. The van der Waals surface area contributed by atoms with Gasteiger partial charge in [-0.2, -0.15) is 0 Å². The van der Waals surface area contributed by atoms with Crippen LogP contribution in [0.15, 0.2) is 35.7 Å². The molecule has 2 heteroatoms. The number of ether oxygens (including phenoxy) is 1. The zero-order chi connectivity index (χ0) is 7.82. The highest BCUT2D eigenvalue weighted by Crippen LogP contribution is 1.80. The number of rotatable bonds is 2. The first-order valence-electron chi connectivity index (χ1n) is 2.90. The lowest BCUT2D eigenvalue weighted by molar-refractivity contribution is 0.400. The number of hydrogen-bond acceptors (Lipinski definition) is 2. The molecule has 54 valence electrons. The molecule has 0 heterocycles. The molecule has 0 aliphatic heterocycles. The van der Waals surface area contributed by atoms with Gasteiger partial charge in [0, 0.05) is 13.1 Å². The first-order chi connectivity index (χ1) is 4.81. The maximum Gasteiger partial charge on any atom is 0.184 e. The Hall–Kier alpha value is -1.27. The van der Waals surface area contributed by atoms with Crippen LogP contribution in [0.1, 0.15) is 6.92 Å². The average molecular weight is 137 g/mol. The highest BCUT2D eigenvalue weighted by molar-refractivity contribution is 5.73. The molecule has 0 unspecified atom stereocenters. The molecule has 2 nitrogen and oxygen atoms in total. The summed E-state index contributed by atoms with van der Waals surface area (Å²) >= 11 is 0. The van der Waals surface area contributed by atoms with E-state index in [0.717, 1.165) is 0 Å². The Morgan fingerprint density at radius 2 is 2.40 bits per heavy atom. The van der Waals surface area contributed by atoms with E-state index in [2.05, 4.69) is 17.3 Å². The maximum atomic E-state index is 4.78. The summed E-state index contributed by atoms with van der Waals surface area (Å²) in [6.07, 6.45) is 5.03. The summed E-state index contributed by atoms with van der Waals surface area (Å²) in [6.45, 7) is 5.17. The topological polar surface area (TPSA) is 21.6 Å². The van der Waals surface area contributed by atoms with Crippen molar-refractivity contribution < 1.29 is 4.74 Å². The number of methoxy groups -OCH3 is 1. The normalized spacial score (nSPS) is 11.2. The van der Waals surface area contributed by atoms with Gasteiger partial charge in [0.25, 0.3) is 0 Å². The second kappa shape index (κ2) is 5.86. The van der Waals surface area contributed by atoms with Crippen molar-refractivity contribution in [3.8, 4) is 0 Å². The van der Waals surface area contributed by atoms with Gasteiger partial charge in [-0.3, -0.25) is 0 Å². The Kier molecular flexibility index (Phi) is 5.12. The summed E-state index contributed by atoms with van der Waals surface area (Å²) in [4.78, 5) is 3.90. The fourth-order valence-electron chi connectivity index (χ4n) is 0.312. The molecule has 0 amide bonds. The predicted molar refractivity (Wildman–Crippen MR) is 43.0 cm³/mol. The number of hydrogen-bond donors (Lipinski definition) is 0. The van der Waals surface area contributed by atoms with Gasteiger partial charge in [0.1, 0.15) is 0 Å². The molecule has 0 saturated heterocycles. The molecule has 0 aliphatic rings. The van der Waals surface area contributed by atoms with E-state index < -0.39 is 0 Å². The molecule has 0 N–H and O–H groups in total. The Bertz CT molecular complexity index is 185. The monoisotopic (exact) mass is 137 g/mol. The van der Waals surface area contributed by atoms with Crippen LogP contribution in [0.2, 0.25) is 0 Å². The lowest BCUT2D eigenvalue weighted by Crippen LogP contribution is -1.90. The summed E-state index contributed by atoms with van der Waals surface area (Å²) in [5.74, 6) is 0.633. The van der Waals surface area contributed by atoms with E-state index in [4.69, 9.17) is 4.74 Å². The smallest absolute Gasteiger partial charge is 0.184 e. The van der Waals surface area contributed by atoms with Gasteiger partial charge in [-0.15, -0.1) is 5.73 Å². The van der Waals surface area contributed by atoms with Crippen LogP contribution < -0.4 is 0 Å². The molecule has 0 aliphatic carbocycles. The summed E-state index contributed by atoms with van der Waals surface area (Å²) in [6, 6.07) is 0. The van der Waals surface area contributed by atoms with E-state index in [1.807, 2.05) is 0 Å². The minimum Gasteiger partial charge on any atom is -0.484 e. The second-order valence-corrected chi connectivity index (χ2v) is 1.56. The van der Waals surface area contributed by atoms with Crippen LogP contribution in [0.3, 0.4) is 0 Å². The minimum absolute atomic E-state index is 0.633. The fraction of sp³-hybridized carbons (Fsp3) is 0.250. The highest BCUT2D eigenvalue weighted by atomic mass is 16.5. The van der Waals surface area contributed by atoms with Crippen molar-refractivity contribution in [3.63, 3.8) is 0 Å². The Morgan fingerprint density at radius 1 is 1.70 bits per heavy atom. The van der Waals surface area contributed by atoms with Crippen LogP contribution in [0.5, 0.6) is 0 Å². The molecule has 0 rings (SSSR count). The van der Waals surface area contributed by atoms with Crippen molar-refractivity contribution in [2.75, 3.05) is 7.11 Å². The van der Waals surface area contributed by atoms with Crippen LogP contribution in [-0.2, 0) is 4.74 Å². The fourth-order valence-corrected chi connectivity index (χ4v) is 0.312. The number of nitrogens with zero attached hydrogens (tertiary/aromatic N) is 1. The van der Waals surface area contributed by atoms with E-state index >= 15 is 0 Å². The third-order valence-electron chi connectivity index (χ3n) is 0.852. The van der Waals surface area contributed by atoms with Gasteiger partial charge in [0.05, 0.1) is 7.11 Å². The van der Waals surface area contributed by atoms with E-state index in [-0.39, 0.29) is 0 Å². The van der Waals surface area contributed by atoms with Crippen molar-refractivity contribution in [1.82, 2.24) is 0 Å². The van der Waals surface area contributed by atoms with E-state index in [0.29, 0.717) is 5.90 Å². The quantitative estimate of drug-likeness (QED) is 0.246. The SMILES string of the molecule is C=C=C/C=C\N=C(/C)OC. The molecule has 0 aromatic rings. The number of aliphatic imine (C=N–C) groups is 1. The van der Waals surface area contributed by atoms with Gasteiger partial charge in [-0.05, 0) is 12.2 Å². The Balaban J connectivity index is 3.81.